The second-order valence-corrected chi connectivity index (χ2v) is 6.00. The number of nitriles is 1. The van der Waals surface area contributed by atoms with E-state index >= 15 is 0 Å². The fourth-order valence-corrected chi connectivity index (χ4v) is 3.25. The van der Waals surface area contributed by atoms with Gasteiger partial charge in [0.05, 0.1) is 23.7 Å². The third kappa shape index (κ3) is 3.14. The van der Waals surface area contributed by atoms with Crippen molar-refractivity contribution in [2.75, 3.05) is 6.61 Å². The predicted octanol–water partition coefficient (Wildman–Crippen LogP) is 3.68. The van der Waals surface area contributed by atoms with Crippen LogP contribution >= 0.6 is 11.3 Å². The average molecular weight is 299 g/mol. The maximum absolute atomic E-state index is 12.5. The van der Waals surface area contributed by atoms with Crippen molar-refractivity contribution in [1.29, 1.82) is 5.26 Å². The molecule has 1 heterocycles. The Kier molecular flexibility index (Phi) is 4.77. The molecule has 4 heteroatoms. The molecule has 3 nitrogen and oxygen atoms in total. The van der Waals surface area contributed by atoms with Crippen LogP contribution in [0.25, 0.3) is 0 Å². The first kappa shape index (κ1) is 15.3. The highest BCUT2D eigenvalue weighted by Gasteiger charge is 2.39. The average Bonchev–Trinajstić information content (AvgIpc) is 3.00. The van der Waals surface area contributed by atoms with Gasteiger partial charge in [-0.3, -0.25) is 4.79 Å². The van der Waals surface area contributed by atoms with Gasteiger partial charge in [-0.15, -0.1) is 11.3 Å². The first-order valence-electron chi connectivity index (χ1n) is 6.81. The standard InChI is InChI=1S/C17H17NO2S/c1-3-20-16(19)17(2,11-14-8-6-10-21-14)15-9-5-4-7-13(15)12-18/h4-10H,3,11H2,1-2H3. The number of nitrogens with zero attached hydrogens (tertiary/aromatic N) is 1. The summed E-state index contributed by atoms with van der Waals surface area (Å²) in [5, 5.41) is 11.3. The summed E-state index contributed by atoms with van der Waals surface area (Å²) in [6.45, 7) is 3.97. The lowest BCUT2D eigenvalue weighted by molar-refractivity contribution is -0.149. The molecule has 0 aliphatic heterocycles. The Morgan fingerprint density at radius 2 is 2.10 bits per heavy atom. The Morgan fingerprint density at radius 3 is 2.71 bits per heavy atom. The quantitative estimate of drug-likeness (QED) is 0.791. The van der Waals surface area contributed by atoms with E-state index in [2.05, 4.69) is 6.07 Å². The molecule has 0 fully saturated rings. The molecule has 0 amide bonds. The van der Waals surface area contributed by atoms with Crippen LogP contribution < -0.4 is 0 Å². The Labute approximate surface area is 128 Å². The van der Waals surface area contributed by atoms with Crippen LogP contribution in [-0.4, -0.2) is 12.6 Å². The molecule has 0 saturated carbocycles. The second kappa shape index (κ2) is 6.55. The van der Waals surface area contributed by atoms with Crippen LogP contribution in [0.2, 0.25) is 0 Å². The first-order valence-corrected chi connectivity index (χ1v) is 7.69. The molecule has 108 valence electrons. The van der Waals surface area contributed by atoms with Crippen LogP contribution in [0.15, 0.2) is 41.8 Å². The zero-order valence-electron chi connectivity index (χ0n) is 12.1. The minimum atomic E-state index is -0.854. The molecule has 1 atom stereocenters. The minimum Gasteiger partial charge on any atom is -0.465 e. The second-order valence-electron chi connectivity index (χ2n) is 4.97. The van der Waals surface area contributed by atoms with E-state index in [-0.39, 0.29) is 5.97 Å². The maximum atomic E-state index is 12.5. The minimum absolute atomic E-state index is 0.291. The van der Waals surface area contributed by atoms with Crippen molar-refractivity contribution < 1.29 is 9.53 Å². The van der Waals surface area contributed by atoms with Gasteiger partial charge in [-0.05, 0) is 36.9 Å². The topological polar surface area (TPSA) is 50.1 Å². The van der Waals surface area contributed by atoms with Gasteiger partial charge in [0.15, 0.2) is 0 Å². The van der Waals surface area contributed by atoms with E-state index in [9.17, 15) is 10.1 Å². The summed E-state index contributed by atoms with van der Waals surface area (Å²) in [5.74, 6) is -0.291. The van der Waals surface area contributed by atoms with Gasteiger partial charge in [0.1, 0.15) is 0 Å². The lowest BCUT2D eigenvalue weighted by Crippen LogP contribution is -2.37. The van der Waals surface area contributed by atoms with Crippen LogP contribution in [0.1, 0.15) is 29.9 Å². The SMILES string of the molecule is CCOC(=O)C(C)(Cc1cccs1)c1ccccc1C#N. The fourth-order valence-electron chi connectivity index (χ4n) is 2.39. The molecular formula is C17H17NO2S. The summed E-state index contributed by atoms with van der Waals surface area (Å²) in [7, 11) is 0. The fraction of sp³-hybridized carbons (Fsp3) is 0.294. The van der Waals surface area contributed by atoms with Crippen molar-refractivity contribution in [3.8, 4) is 6.07 Å². The summed E-state index contributed by atoms with van der Waals surface area (Å²) in [6, 6.07) is 13.4. The summed E-state index contributed by atoms with van der Waals surface area (Å²) < 4.78 is 5.27. The van der Waals surface area contributed by atoms with E-state index < -0.39 is 5.41 Å². The molecule has 0 N–H and O–H groups in total. The van der Waals surface area contributed by atoms with Crippen LogP contribution in [0, 0.1) is 11.3 Å². The van der Waals surface area contributed by atoms with Crippen molar-refractivity contribution >= 4 is 17.3 Å². The molecule has 0 bridgehead atoms. The van der Waals surface area contributed by atoms with Gasteiger partial charge in [-0.25, -0.2) is 0 Å². The Morgan fingerprint density at radius 1 is 1.33 bits per heavy atom. The Hall–Kier alpha value is -2.12. The summed E-state index contributed by atoms with van der Waals surface area (Å²) in [6.07, 6.45) is 0.530. The van der Waals surface area contributed by atoms with Gasteiger partial charge >= 0.3 is 5.97 Å². The molecule has 0 spiro atoms. The van der Waals surface area contributed by atoms with Crippen LogP contribution in [0.3, 0.4) is 0 Å². The lowest BCUT2D eigenvalue weighted by atomic mass is 9.77. The van der Waals surface area contributed by atoms with Crippen molar-refractivity contribution in [3.63, 3.8) is 0 Å². The van der Waals surface area contributed by atoms with Crippen LogP contribution in [-0.2, 0) is 21.4 Å². The van der Waals surface area contributed by atoms with E-state index in [0.717, 1.165) is 10.4 Å². The van der Waals surface area contributed by atoms with Crippen molar-refractivity contribution in [2.45, 2.75) is 25.7 Å². The largest absolute Gasteiger partial charge is 0.465 e. The van der Waals surface area contributed by atoms with Gasteiger partial charge in [-0.1, -0.05) is 24.3 Å². The third-order valence-electron chi connectivity index (χ3n) is 3.48. The molecular weight excluding hydrogens is 282 g/mol. The smallest absolute Gasteiger partial charge is 0.316 e. The zero-order chi connectivity index (χ0) is 15.3. The molecule has 1 aromatic carbocycles. The van der Waals surface area contributed by atoms with E-state index in [0.29, 0.717) is 18.6 Å². The van der Waals surface area contributed by atoms with Crippen molar-refractivity contribution in [1.82, 2.24) is 0 Å². The van der Waals surface area contributed by atoms with Crippen molar-refractivity contribution in [3.05, 3.63) is 57.8 Å². The monoisotopic (exact) mass is 299 g/mol. The normalized spacial score (nSPS) is 13.2. The van der Waals surface area contributed by atoms with Gasteiger partial charge in [0.25, 0.3) is 0 Å². The summed E-state index contributed by atoms with van der Waals surface area (Å²) in [4.78, 5) is 13.6. The molecule has 0 aliphatic rings. The molecule has 1 unspecified atom stereocenters. The number of esters is 1. The first-order chi connectivity index (χ1) is 10.1. The highest BCUT2D eigenvalue weighted by Crippen LogP contribution is 2.33. The predicted molar refractivity (Wildman–Crippen MR) is 83.2 cm³/mol. The molecule has 0 saturated heterocycles. The Bertz CT molecular complexity index is 658. The number of hydrogen-bond acceptors (Lipinski definition) is 4. The van der Waals surface area contributed by atoms with Gasteiger partial charge in [0, 0.05) is 11.3 Å². The summed E-state index contributed by atoms with van der Waals surface area (Å²) >= 11 is 1.60. The number of hydrogen-bond donors (Lipinski definition) is 0. The third-order valence-corrected chi connectivity index (χ3v) is 4.35. The lowest BCUT2D eigenvalue weighted by Gasteiger charge is -2.28. The van der Waals surface area contributed by atoms with E-state index in [4.69, 9.17) is 4.74 Å². The van der Waals surface area contributed by atoms with Crippen molar-refractivity contribution in [2.24, 2.45) is 0 Å². The Balaban J connectivity index is 2.49. The van der Waals surface area contributed by atoms with E-state index in [1.807, 2.05) is 36.6 Å². The molecule has 0 aliphatic carbocycles. The van der Waals surface area contributed by atoms with Gasteiger partial charge in [-0.2, -0.15) is 5.26 Å². The summed E-state index contributed by atoms with van der Waals surface area (Å²) in [5.41, 5.74) is 0.386. The number of benzene rings is 1. The number of rotatable bonds is 5. The molecule has 1 aromatic heterocycles. The molecule has 2 aromatic rings. The number of ether oxygens (including phenoxy) is 1. The van der Waals surface area contributed by atoms with Crippen LogP contribution in [0.5, 0.6) is 0 Å². The highest BCUT2D eigenvalue weighted by atomic mass is 32.1. The number of thiophene rings is 1. The van der Waals surface area contributed by atoms with Crippen LogP contribution in [0.4, 0.5) is 0 Å². The molecule has 21 heavy (non-hydrogen) atoms. The van der Waals surface area contributed by atoms with Gasteiger partial charge in [0.2, 0.25) is 0 Å². The number of carbonyl (C=O) groups is 1. The maximum Gasteiger partial charge on any atom is 0.316 e. The highest BCUT2D eigenvalue weighted by molar-refractivity contribution is 7.09. The molecule has 2 rings (SSSR count). The zero-order valence-corrected chi connectivity index (χ0v) is 12.9. The molecule has 0 radical (unpaired) electrons. The number of carbonyl (C=O) groups excluding carboxylic acids is 1. The van der Waals surface area contributed by atoms with E-state index in [1.54, 1.807) is 30.4 Å². The van der Waals surface area contributed by atoms with E-state index in [1.165, 1.54) is 0 Å². The van der Waals surface area contributed by atoms with Gasteiger partial charge < -0.3 is 4.74 Å².